The second-order valence-electron chi connectivity index (χ2n) is 3.16. The molecule has 58 valence electrons. The van der Waals surface area contributed by atoms with Crippen molar-refractivity contribution in [1.82, 2.24) is 5.32 Å². The topological polar surface area (TPSA) is 29.1 Å². The molecule has 1 saturated heterocycles. The van der Waals surface area contributed by atoms with Gasteiger partial charge in [0.2, 0.25) is 5.91 Å². The van der Waals surface area contributed by atoms with E-state index in [4.69, 9.17) is 0 Å². The molecule has 0 aromatic carbocycles. The normalized spacial score (nSPS) is 22.8. The van der Waals surface area contributed by atoms with Gasteiger partial charge in [0.15, 0.2) is 0 Å². The monoisotopic (exact) mass is 141 g/mol. The maximum Gasteiger partial charge on any atom is 0.220 e. The van der Waals surface area contributed by atoms with E-state index in [0.29, 0.717) is 0 Å². The average molecular weight is 141 g/mol. The fraction of sp³-hybridized carbons (Fsp3) is 0.875. The SMILES string of the molecule is CCC1(CC)CNC(=O)C1. The third-order valence-electron chi connectivity index (χ3n) is 2.70. The second-order valence-corrected chi connectivity index (χ2v) is 3.16. The lowest BCUT2D eigenvalue weighted by molar-refractivity contribution is -0.119. The third kappa shape index (κ3) is 1.15. The first-order valence-corrected chi connectivity index (χ1v) is 3.99. The highest BCUT2D eigenvalue weighted by atomic mass is 16.1. The van der Waals surface area contributed by atoms with Crippen LogP contribution in [0.25, 0.3) is 0 Å². The number of hydrogen-bond donors (Lipinski definition) is 1. The summed E-state index contributed by atoms with van der Waals surface area (Å²) in [6.07, 6.45) is 2.96. The van der Waals surface area contributed by atoms with Gasteiger partial charge in [-0.05, 0) is 18.3 Å². The zero-order valence-corrected chi connectivity index (χ0v) is 6.74. The smallest absolute Gasteiger partial charge is 0.220 e. The lowest BCUT2D eigenvalue weighted by Gasteiger charge is -2.22. The highest BCUT2D eigenvalue weighted by Crippen LogP contribution is 2.32. The number of hydrogen-bond acceptors (Lipinski definition) is 1. The van der Waals surface area contributed by atoms with E-state index >= 15 is 0 Å². The van der Waals surface area contributed by atoms with E-state index in [1.54, 1.807) is 0 Å². The molecule has 1 rings (SSSR count). The molecule has 0 aromatic heterocycles. The zero-order chi connectivity index (χ0) is 7.61. The highest BCUT2D eigenvalue weighted by Gasteiger charge is 2.34. The zero-order valence-electron chi connectivity index (χ0n) is 6.74. The van der Waals surface area contributed by atoms with Crippen molar-refractivity contribution in [2.45, 2.75) is 33.1 Å². The van der Waals surface area contributed by atoms with Crippen molar-refractivity contribution in [3.8, 4) is 0 Å². The van der Waals surface area contributed by atoms with Crippen LogP contribution in [0.4, 0.5) is 0 Å². The first kappa shape index (κ1) is 7.58. The van der Waals surface area contributed by atoms with Gasteiger partial charge in [0, 0.05) is 13.0 Å². The van der Waals surface area contributed by atoms with E-state index in [1.807, 2.05) is 0 Å². The van der Waals surface area contributed by atoms with E-state index in [0.717, 1.165) is 25.8 Å². The summed E-state index contributed by atoms with van der Waals surface area (Å²) in [4.78, 5) is 10.9. The van der Waals surface area contributed by atoms with Crippen LogP contribution in [0.3, 0.4) is 0 Å². The van der Waals surface area contributed by atoms with Crippen molar-refractivity contribution in [1.29, 1.82) is 0 Å². The van der Waals surface area contributed by atoms with Crippen molar-refractivity contribution < 1.29 is 4.79 Å². The van der Waals surface area contributed by atoms with Crippen LogP contribution >= 0.6 is 0 Å². The summed E-state index contributed by atoms with van der Waals surface area (Å²) >= 11 is 0. The summed E-state index contributed by atoms with van der Waals surface area (Å²) in [6, 6.07) is 0. The van der Waals surface area contributed by atoms with E-state index in [2.05, 4.69) is 19.2 Å². The van der Waals surface area contributed by atoms with Gasteiger partial charge in [-0.25, -0.2) is 0 Å². The van der Waals surface area contributed by atoms with Crippen molar-refractivity contribution in [3.05, 3.63) is 0 Å². The Morgan fingerprint density at radius 2 is 2.10 bits per heavy atom. The molecular weight excluding hydrogens is 126 g/mol. The fourth-order valence-electron chi connectivity index (χ4n) is 1.50. The molecule has 0 spiro atoms. The van der Waals surface area contributed by atoms with Gasteiger partial charge in [0.05, 0.1) is 0 Å². The molecule has 1 aliphatic heterocycles. The Morgan fingerprint density at radius 1 is 1.50 bits per heavy atom. The minimum absolute atomic E-state index is 0.226. The fourth-order valence-corrected chi connectivity index (χ4v) is 1.50. The summed E-state index contributed by atoms with van der Waals surface area (Å²) < 4.78 is 0. The molecule has 0 aliphatic carbocycles. The first-order chi connectivity index (χ1) is 4.72. The van der Waals surface area contributed by atoms with E-state index in [-0.39, 0.29) is 11.3 Å². The minimum atomic E-state index is 0.226. The van der Waals surface area contributed by atoms with Crippen LogP contribution in [0.15, 0.2) is 0 Å². The van der Waals surface area contributed by atoms with E-state index in [1.165, 1.54) is 0 Å². The molecule has 1 heterocycles. The maximum atomic E-state index is 10.9. The van der Waals surface area contributed by atoms with Gasteiger partial charge in [-0.15, -0.1) is 0 Å². The maximum absolute atomic E-state index is 10.9. The predicted molar refractivity (Wildman–Crippen MR) is 40.6 cm³/mol. The van der Waals surface area contributed by atoms with Gasteiger partial charge in [-0.1, -0.05) is 13.8 Å². The van der Waals surface area contributed by atoms with Crippen LogP contribution < -0.4 is 5.32 Å². The Morgan fingerprint density at radius 3 is 2.30 bits per heavy atom. The largest absolute Gasteiger partial charge is 0.356 e. The number of nitrogens with one attached hydrogen (secondary N) is 1. The van der Waals surface area contributed by atoms with Crippen LogP contribution in [0.5, 0.6) is 0 Å². The van der Waals surface area contributed by atoms with Gasteiger partial charge < -0.3 is 5.32 Å². The lowest BCUT2D eigenvalue weighted by atomic mass is 9.82. The molecule has 0 aromatic rings. The summed E-state index contributed by atoms with van der Waals surface area (Å²) in [5.74, 6) is 0.226. The van der Waals surface area contributed by atoms with Crippen molar-refractivity contribution in [2.75, 3.05) is 6.54 Å². The molecule has 2 heteroatoms. The van der Waals surface area contributed by atoms with E-state index in [9.17, 15) is 4.79 Å². The molecule has 10 heavy (non-hydrogen) atoms. The van der Waals surface area contributed by atoms with Gasteiger partial charge in [-0.2, -0.15) is 0 Å². The highest BCUT2D eigenvalue weighted by molar-refractivity contribution is 5.79. The molecular formula is C8H15NO. The number of carbonyl (C=O) groups is 1. The first-order valence-electron chi connectivity index (χ1n) is 3.99. The standard InChI is InChI=1S/C8H15NO/c1-3-8(4-2)5-7(10)9-6-8/h3-6H2,1-2H3,(H,9,10). The molecule has 1 N–H and O–H groups in total. The van der Waals surface area contributed by atoms with Gasteiger partial charge in [0.1, 0.15) is 0 Å². The Balaban J connectivity index is 2.59. The molecule has 1 amide bonds. The Hall–Kier alpha value is -0.530. The Kier molecular flexibility index (Phi) is 1.97. The number of amides is 1. The number of rotatable bonds is 2. The summed E-state index contributed by atoms with van der Waals surface area (Å²) in [7, 11) is 0. The lowest BCUT2D eigenvalue weighted by Crippen LogP contribution is -2.21. The van der Waals surface area contributed by atoms with Crippen LogP contribution in [-0.2, 0) is 4.79 Å². The average Bonchev–Trinajstić information content (AvgIpc) is 2.33. The summed E-state index contributed by atoms with van der Waals surface area (Å²) in [6.45, 7) is 5.20. The quantitative estimate of drug-likeness (QED) is 0.617. The van der Waals surface area contributed by atoms with Crippen molar-refractivity contribution in [3.63, 3.8) is 0 Å². The second kappa shape index (κ2) is 2.60. The summed E-state index contributed by atoms with van der Waals surface area (Å²) in [5, 5.41) is 2.87. The molecule has 0 atom stereocenters. The van der Waals surface area contributed by atoms with Crippen LogP contribution in [0, 0.1) is 5.41 Å². The van der Waals surface area contributed by atoms with E-state index < -0.39 is 0 Å². The molecule has 1 aliphatic rings. The van der Waals surface area contributed by atoms with Gasteiger partial charge in [-0.3, -0.25) is 4.79 Å². The number of carbonyl (C=O) groups excluding carboxylic acids is 1. The van der Waals surface area contributed by atoms with Gasteiger partial charge >= 0.3 is 0 Å². The molecule has 2 nitrogen and oxygen atoms in total. The van der Waals surface area contributed by atoms with Crippen LogP contribution in [0.1, 0.15) is 33.1 Å². The van der Waals surface area contributed by atoms with Crippen molar-refractivity contribution >= 4 is 5.91 Å². The van der Waals surface area contributed by atoms with Crippen LogP contribution in [0.2, 0.25) is 0 Å². The minimum Gasteiger partial charge on any atom is -0.356 e. The Bertz CT molecular complexity index is 138. The van der Waals surface area contributed by atoms with Gasteiger partial charge in [0.25, 0.3) is 0 Å². The summed E-state index contributed by atoms with van der Waals surface area (Å²) in [5.41, 5.74) is 0.289. The molecule has 1 fully saturated rings. The molecule has 0 radical (unpaired) electrons. The predicted octanol–water partition coefficient (Wildman–Crippen LogP) is 1.31. The Labute approximate surface area is 62.0 Å². The molecule has 0 saturated carbocycles. The van der Waals surface area contributed by atoms with Crippen molar-refractivity contribution in [2.24, 2.45) is 5.41 Å². The molecule has 0 bridgehead atoms. The molecule has 0 unspecified atom stereocenters. The van der Waals surface area contributed by atoms with Crippen LogP contribution in [-0.4, -0.2) is 12.5 Å². The third-order valence-corrected chi connectivity index (χ3v) is 2.70.